The minimum atomic E-state index is -0.977. The van der Waals surface area contributed by atoms with Crippen molar-refractivity contribution < 1.29 is 36.3 Å². The van der Waals surface area contributed by atoms with Gasteiger partial charge in [0.25, 0.3) is 0 Å². The summed E-state index contributed by atoms with van der Waals surface area (Å²) in [5.41, 5.74) is 0. The maximum absolute atomic E-state index is 10.7. The number of carboxylic acid groups (broad SMARTS) is 2. The second-order valence-electron chi connectivity index (χ2n) is 7.89. The maximum atomic E-state index is 10.7. The van der Waals surface area contributed by atoms with Crippen LogP contribution in [0, 0.1) is 0 Å². The van der Waals surface area contributed by atoms with Crippen LogP contribution in [-0.2, 0) is 26.1 Å². The summed E-state index contributed by atoms with van der Waals surface area (Å²) in [5.74, 6) is -1.95. The molecule has 4 nitrogen and oxygen atoms in total. The number of rotatable bonds is 10. The zero-order valence-electron chi connectivity index (χ0n) is 20.2. The third kappa shape index (κ3) is 10.6. The van der Waals surface area contributed by atoms with E-state index in [4.69, 9.17) is 0 Å². The summed E-state index contributed by atoms with van der Waals surface area (Å²) in [4.78, 5) is 21.3. The molecule has 4 aromatic rings. The minimum absolute atomic E-state index is 0. The average molecular weight is 573 g/mol. The van der Waals surface area contributed by atoms with Crippen LogP contribution in [0.15, 0.2) is 121 Å². The van der Waals surface area contributed by atoms with Crippen LogP contribution < -0.4 is 31.4 Å². The van der Waals surface area contributed by atoms with Gasteiger partial charge < -0.3 is 19.8 Å². The Morgan fingerprint density at radius 3 is 0.865 bits per heavy atom. The minimum Gasteiger partial charge on any atom is -0.550 e. The van der Waals surface area contributed by atoms with Gasteiger partial charge in [0.05, 0.1) is 0 Å². The van der Waals surface area contributed by atoms with Crippen LogP contribution in [0.2, 0.25) is 0 Å². The summed E-state index contributed by atoms with van der Waals surface area (Å²) >= 11 is 0. The van der Waals surface area contributed by atoms with E-state index in [1.807, 2.05) is 72.8 Å². The summed E-state index contributed by atoms with van der Waals surface area (Å²) in [7, 11) is -1.21. The van der Waals surface area contributed by atoms with Crippen LogP contribution in [0.4, 0.5) is 0 Å². The molecule has 0 atom stereocenters. The fraction of sp³-hybridized carbons (Fsp3) is 0.133. The summed E-state index contributed by atoms with van der Waals surface area (Å²) in [5, 5.41) is 26.2. The van der Waals surface area contributed by atoms with Gasteiger partial charge in [-0.05, 0) is 62.2 Å². The number of benzene rings is 4. The van der Waals surface area contributed by atoms with E-state index >= 15 is 0 Å². The van der Waals surface area contributed by atoms with E-state index in [0.717, 1.165) is 0 Å². The fourth-order valence-electron chi connectivity index (χ4n) is 3.65. The molecule has 0 saturated carbocycles. The number of carbonyl (C=O) groups is 2. The standard InChI is InChI=1S/2C15H15O2P.Ni/c2*16-15(17)11-12-18(13-7-3-1-4-8-13)14-9-5-2-6-10-14;/h2*1-10H,11-12H2,(H,16,17);/q;;+2/p-2. The summed E-state index contributed by atoms with van der Waals surface area (Å²) in [6.07, 6.45) is 1.47. The Kier molecular flexibility index (Phi) is 13.8. The molecule has 0 heterocycles. The number of hydrogen-bond donors (Lipinski definition) is 0. The third-order valence-corrected chi connectivity index (χ3v) is 10.4. The number of carbonyl (C=O) groups excluding carboxylic acids is 2. The van der Waals surface area contributed by atoms with Crippen molar-refractivity contribution in [2.75, 3.05) is 12.3 Å². The van der Waals surface area contributed by atoms with Gasteiger partial charge in [0, 0.05) is 11.9 Å². The molecule has 0 fully saturated rings. The van der Waals surface area contributed by atoms with Gasteiger partial charge in [0.2, 0.25) is 0 Å². The number of carboxylic acids is 2. The summed E-state index contributed by atoms with van der Waals surface area (Å²) < 4.78 is 0. The van der Waals surface area contributed by atoms with Crippen LogP contribution in [0.3, 0.4) is 0 Å². The first kappa shape index (κ1) is 30.4. The van der Waals surface area contributed by atoms with E-state index < -0.39 is 27.8 Å². The molecule has 0 spiro atoms. The zero-order valence-corrected chi connectivity index (χ0v) is 23.0. The SMILES string of the molecule is O=C([O-])CCP(c1ccccc1)c1ccccc1.O=C([O-])CCP(c1ccccc1)c1ccccc1.[Ni+2]. The van der Waals surface area contributed by atoms with Crippen LogP contribution >= 0.6 is 15.8 Å². The summed E-state index contributed by atoms with van der Waals surface area (Å²) in [6.45, 7) is 0. The van der Waals surface area contributed by atoms with E-state index in [2.05, 4.69) is 48.5 Å². The molecule has 192 valence electrons. The molecular formula is C30H28NiO4P2. The van der Waals surface area contributed by atoms with Crippen molar-refractivity contribution >= 4 is 49.0 Å². The van der Waals surface area contributed by atoms with E-state index in [9.17, 15) is 19.8 Å². The Hall–Kier alpha value is -2.83. The van der Waals surface area contributed by atoms with Gasteiger partial charge in [-0.3, -0.25) is 0 Å². The van der Waals surface area contributed by atoms with Crippen molar-refractivity contribution in [3.05, 3.63) is 121 Å². The van der Waals surface area contributed by atoms with E-state index in [1.54, 1.807) is 0 Å². The Bertz CT molecular complexity index is 1020. The molecule has 0 unspecified atom stereocenters. The zero-order chi connectivity index (χ0) is 25.6. The fourth-order valence-corrected chi connectivity index (χ4v) is 8.22. The molecule has 0 aliphatic rings. The Balaban J connectivity index is 0.000000253. The molecule has 0 aliphatic carbocycles. The first-order valence-corrected chi connectivity index (χ1v) is 14.7. The van der Waals surface area contributed by atoms with E-state index in [1.165, 1.54) is 21.2 Å². The molecule has 4 aromatic carbocycles. The topological polar surface area (TPSA) is 80.3 Å². The van der Waals surface area contributed by atoms with E-state index in [0.29, 0.717) is 12.3 Å². The molecule has 0 radical (unpaired) electrons. The van der Waals surface area contributed by atoms with Crippen molar-refractivity contribution in [1.29, 1.82) is 0 Å². The van der Waals surface area contributed by atoms with E-state index in [-0.39, 0.29) is 29.3 Å². The predicted molar refractivity (Wildman–Crippen MR) is 147 cm³/mol. The molecular weight excluding hydrogens is 545 g/mol. The van der Waals surface area contributed by atoms with Crippen molar-refractivity contribution in [3.63, 3.8) is 0 Å². The molecule has 0 saturated heterocycles. The normalized spacial score (nSPS) is 10.2. The molecule has 0 bridgehead atoms. The van der Waals surface area contributed by atoms with Gasteiger partial charge in [-0.2, -0.15) is 0 Å². The van der Waals surface area contributed by atoms with Gasteiger partial charge in [0.15, 0.2) is 0 Å². The van der Waals surface area contributed by atoms with Crippen molar-refractivity contribution in [2.24, 2.45) is 0 Å². The largest absolute Gasteiger partial charge is 2.00 e. The Morgan fingerprint density at radius 1 is 0.459 bits per heavy atom. The quantitative estimate of drug-likeness (QED) is 0.216. The first-order valence-electron chi connectivity index (χ1n) is 11.7. The number of hydrogen-bond acceptors (Lipinski definition) is 4. The third-order valence-electron chi connectivity index (χ3n) is 5.35. The van der Waals surface area contributed by atoms with Crippen molar-refractivity contribution in [2.45, 2.75) is 12.8 Å². The van der Waals surface area contributed by atoms with Crippen LogP contribution in [0.25, 0.3) is 0 Å². The Labute approximate surface area is 231 Å². The second kappa shape index (κ2) is 16.8. The number of aliphatic carboxylic acids is 2. The predicted octanol–water partition coefficient (Wildman–Crippen LogP) is 2.52. The van der Waals surface area contributed by atoms with Crippen LogP contribution in [0.1, 0.15) is 12.8 Å². The smallest absolute Gasteiger partial charge is 0.550 e. The molecule has 37 heavy (non-hydrogen) atoms. The average Bonchev–Trinajstić information content (AvgIpc) is 2.91. The van der Waals surface area contributed by atoms with Gasteiger partial charge in [-0.1, -0.05) is 121 Å². The van der Waals surface area contributed by atoms with Gasteiger partial charge >= 0.3 is 16.5 Å². The van der Waals surface area contributed by atoms with Crippen molar-refractivity contribution in [1.82, 2.24) is 0 Å². The monoisotopic (exact) mass is 572 g/mol. The molecule has 0 amide bonds. The molecule has 0 N–H and O–H groups in total. The van der Waals surface area contributed by atoms with Crippen LogP contribution in [0.5, 0.6) is 0 Å². The molecule has 0 aliphatic heterocycles. The second-order valence-corrected chi connectivity index (χ2v) is 12.6. The first-order chi connectivity index (χ1) is 17.5. The van der Waals surface area contributed by atoms with Gasteiger partial charge in [-0.15, -0.1) is 0 Å². The van der Waals surface area contributed by atoms with Gasteiger partial charge in [-0.25, -0.2) is 0 Å². The van der Waals surface area contributed by atoms with Crippen LogP contribution in [-0.4, -0.2) is 24.3 Å². The molecule has 7 heteroatoms. The van der Waals surface area contributed by atoms with Gasteiger partial charge in [0.1, 0.15) is 0 Å². The molecule has 0 aromatic heterocycles. The van der Waals surface area contributed by atoms with Crippen molar-refractivity contribution in [3.8, 4) is 0 Å². The Morgan fingerprint density at radius 2 is 0.676 bits per heavy atom. The molecule has 4 rings (SSSR count). The summed E-state index contributed by atoms with van der Waals surface area (Å²) in [6, 6.07) is 40.3. The maximum Gasteiger partial charge on any atom is 2.00 e.